The number of thiazole rings is 1. The molecule has 0 amide bonds. The molecule has 0 aliphatic carbocycles. The van der Waals surface area contributed by atoms with Gasteiger partial charge in [-0.15, -0.1) is 11.3 Å². The Hall–Kier alpha value is -2.10. The molecule has 0 fully saturated rings. The van der Waals surface area contributed by atoms with Gasteiger partial charge in [-0.3, -0.25) is 14.6 Å². The van der Waals surface area contributed by atoms with Gasteiger partial charge in [-0.25, -0.2) is 17.8 Å². The first kappa shape index (κ1) is 19.2. The van der Waals surface area contributed by atoms with Crippen molar-refractivity contribution in [1.82, 2.24) is 14.9 Å². The molecular formula is C19H21FN4O2S2. The number of fused-ring (bicyclic) bond motifs is 2. The molecule has 0 spiro atoms. The average Bonchev–Trinajstić information content (AvgIpc) is 3.04. The predicted molar refractivity (Wildman–Crippen MR) is 110 cm³/mol. The summed E-state index contributed by atoms with van der Waals surface area (Å²) in [6.07, 6.45) is 1.88. The van der Waals surface area contributed by atoms with Crippen LogP contribution >= 0.6 is 11.3 Å². The van der Waals surface area contributed by atoms with Crippen molar-refractivity contribution in [3.05, 3.63) is 52.8 Å². The predicted octanol–water partition coefficient (Wildman–Crippen LogP) is 3.69. The largest absolute Gasteiger partial charge is 0.293 e. The number of hydrogen-bond donors (Lipinski definition) is 1. The zero-order valence-corrected chi connectivity index (χ0v) is 17.2. The van der Waals surface area contributed by atoms with Crippen molar-refractivity contribution in [3.63, 3.8) is 0 Å². The first-order valence-electron chi connectivity index (χ1n) is 8.98. The molecule has 1 unspecified atom stereocenters. The maximum Gasteiger partial charge on any atom is 0.229 e. The third kappa shape index (κ3) is 4.01. The molecule has 9 heteroatoms. The van der Waals surface area contributed by atoms with Crippen LogP contribution in [-0.2, 0) is 16.4 Å². The summed E-state index contributed by atoms with van der Waals surface area (Å²) in [5.41, 5.74) is 5.31. The monoisotopic (exact) mass is 420 g/mol. The van der Waals surface area contributed by atoms with E-state index in [0.717, 1.165) is 22.0 Å². The summed E-state index contributed by atoms with van der Waals surface area (Å²) in [4.78, 5) is 10.8. The smallest absolute Gasteiger partial charge is 0.229 e. The van der Waals surface area contributed by atoms with Gasteiger partial charge in [0, 0.05) is 36.8 Å². The van der Waals surface area contributed by atoms with Gasteiger partial charge in [0.15, 0.2) is 0 Å². The van der Waals surface area contributed by atoms with Crippen molar-refractivity contribution < 1.29 is 12.8 Å². The number of hydrogen-bond acceptors (Lipinski definition) is 6. The number of pyridine rings is 1. The van der Waals surface area contributed by atoms with Gasteiger partial charge in [-0.1, -0.05) is 6.07 Å². The van der Waals surface area contributed by atoms with E-state index in [4.69, 9.17) is 0 Å². The summed E-state index contributed by atoms with van der Waals surface area (Å²) in [6, 6.07) is 7.79. The fourth-order valence-corrected chi connectivity index (χ4v) is 4.80. The summed E-state index contributed by atoms with van der Waals surface area (Å²) < 4.78 is 41.5. The molecule has 4 rings (SSSR count). The molecule has 2 atom stereocenters. The Balaban J connectivity index is 1.57. The summed E-state index contributed by atoms with van der Waals surface area (Å²) in [5.74, 6) is 0. The number of rotatable bonds is 4. The Bertz CT molecular complexity index is 1120. The molecule has 6 nitrogen and oxygen atoms in total. The highest BCUT2D eigenvalue weighted by Crippen LogP contribution is 2.33. The number of anilines is 1. The van der Waals surface area contributed by atoms with Crippen molar-refractivity contribution in [2.24, 2.45) is 0 Å². The minimum Gasteiger partial charge on any atom is -0.293 e. The Labute approximate surface area is 167 Å². The molecule has 0 saturated heterocycles. The fraction of sp³-hybridized carbons (Fsp3) is 0.368. The van der Waals surface area contributed by atoms with E-state index in [9.17, 15) is 8.42 Å². The number of alkyl halides is 1. The Morgan fingerprint density at radius 1 is 1.32 bits per heavy atom. The minimum atomic E-state index is -3.43. The quantitative estimate of drug-likeness (QED) is 0.697. The van der Waals surface area contributed by atoms with Crippen LogP contribution in [0.4, 0.5) is 10.1 Å². The standard InChI is InChI=1S/C19H21FN4O2S2/c1-12(13-3-4-19-18(7-13)22-11-27-19)24-6-5-17-15(16(20)10-24)8-14(9-21-17)23-28(2,25)26/h3-4,7-9,11-12,16,23H,5-6,10H2,1-2H3/t12?,16-/m1/s1. The Kier molecular flexibility index (Phi) is 5.07. The molecule has 0 bridgehead atoms. The number of nitrogens with zero attached hydrogens (tertiary/aromatic N) is 3. The summed E-state index contributed by atoms with van der Waals surface area (Å²) in [7, 11) is -3.43. The van der Waals surface area contributed by atoms with Gasteiger partial charge in [0.2, 0.25) is 10.0 Å². The van der Waals surface area contributed by atoms with Crippen LogP contribution < -0.4 is 4.72 Å². The van der Waals surface area contributed by atoms with Gasteiger partial charge in [-0.05, 0) is 30.7 Å². The van der Waals surface area contributed by atoms with Crippen LogP contribution in [0.3, 0.4) is 0 Å². The van der Waals surface area contributed by atoms with Crippen molar-refractivity contribution in [2.45, 2.75) is 25.6 Å². The second-order valence-corrected chi connectivity index (χ2v) is 9.74. The zero-order chi connectivity index (χ0) is 19.9. The minimum absolute atomic E-state index is 0.0345. The molecule has 3 aromatic rings. The van der Waals surface area contributed by atoms with E-state index in [0.29, 0.717) is 29.9 Å². The van der Waals surface area contributed by atoms with Gasteiger partial charge in [0.25, 0.3) is 0 Å². The first-order valence-corrected chi connectivity index (χ1v) is 11.7. The molecule has 1 aromatic carbocycles. The number of sulfonamides is 1. The normalized spacial score (nSPS) is 19.2. The van der Waals surface area contributed by atoms with Crippen LogP contribution in [0.15, 0.2) is 36.0 Å². The molecule has 28 heavy (non-hydrogen) atoms. The van der Waals surface area contributed by atoms with Crippen molar-refractivity contribution in [3.8, 4) is 0 Å². The highest BCUT2D eigenvalue weighted by Gasteiger charge is 2.27. The summed E-state index contributed by atoms with van der Waals surface area (Å²) in [5, 5.41) is 0. The number of nitrogens with one attached hydrogen (secondary N) is 1. The number of aromatic nitrogens is 2. The van der Waals surface area contributed by atoms with E-state index in [1.165, 1.54) is 6.20 Å². The van der Waals surface area contributed by atoms with Gasteiger partial charge in [0.05, 0.1) is 33.9 Å². The summed E-state index contributed by atoms with van der Waals surface area (Å²) in [6.45, 7) is 2.98. The Morgan fingerprint density at radius 3 is 2.93 bits per heavy atom. The molecule has 148 valence electrons. The maximum absolute atomic E-state index is 15.1. The average molecular weight is 421 g/mol. The SMILES string of the molecule is CC(c1ccc2scnc2c1)N1CCc2ncc(NS(C)(=O)=O)cc2[C@H](F)C1. The summed E-state index contributed by atoms with van der Waals surface area (Å²) >= 11 is 1.60. The molecule has 0 radical (unpaired) electrons. The van der Waals surface area contributed by atoms with Gasteiger partial charge in [-0.2, -0.15) is 0 Å². The van der Waals surface area contributed by atoms with Crippen molar-refractivity contribution >= 4 is 37.3 Å². The second-order valence-electron chi connectivity index (χ2n) is 7.10. The molecule has 1 aliphatic heterocycles. The first-order chi connectivity index (χ1) is 13.3. The highest BCUT2D eigenvalue weighted by atomic mass is 32.2. The second kappa shape index (κ2) is 7.38. The van der Waals surface area contributed by atoms with Crippen LogP contribution in [0.2, 0.25) is 0 Å². The molecule has 1 aliphatic rings. The zero-order valence-electron chi connectivity index (χ0n) is 15.6. The lowest BCUT2D eigenvalue weighted by molar-refractivity contribution is 0.161. The van der Waals surface area contributed by atoms with Crippen molar-refractivity contribution in [2.75, 3.05) is 24.1 Å². The van der Waals surface area contributed by atoms with Gasteiger partial charge < -0.3 is 0 Å². The third-order valence-corrected chi connectivity index (χ3v) is 6.48. The molecule has 3 heterocycles. The molecule has 1 N–H and O–H groups in total. The molecule has 0 saturated carbocycles. The van der Waals surface area contributed by atoms with Gasteiger partial charge >= 0.3 is 0 Å². The van der Waals surface area contributed by atoms with Crippen LogP contribution in [0.1, 0.15) is 36.0 Å². The van der Waals surface area contributed by atoms with E-state index in [1.807, 2.05) is 5.51 Å². The van der Waals surface area contributed by atoms with Crippen LogP contribution in [-0.4, -0.2) is 42.6 Å². The van der Waals surface area contributed by atoms with E-state index in [-0.39, 0.29) is 12.6 Å². The number of halogens is 1. The maximum atomic E-state index is 15.1. The van der Waals surface area contributed by atoms with E-state index >= 15 is 4.39 Å². The Morgan fingerprint density at radius 2 is 2.14 bits per heavy atom. The van der Waals surface area contributed by atoms with Crippen molar-refractivity contribution in [1.29, 1.82) is 0 Å². The topological polar surface area (TPSA) is 75.2 Å². The molecular weight excluding hydrogens is 399 g/mol. The van der Waals surface area contributed by atoms with Crippen LogP contribution in [0.25, 0.3) is 10.2 Å². The lowest BCUT2D eigenvalue weighted by Crippen LogP contribution is -2.30. The third-order valence-electron chi connectivity index (χ3n) is 5.06. The van der Waals surface area contributed by atoms with Crippen LogP contribution in [0.5, 0.6) is 0 Å². The lowest BCUT2D eigenvalue weighted by atomic mass is 10.1. The lowest BCUT2D eigenvalue weighted by Gasteiger charge is -2.28. The van der Waals surface area contributed by atoms with Crippen LogP contribution in [0, 0.1) is 0 Å². The van der Waals surface area contributed by atoms with E-state index in [1.54, 1.807) is 17.4 Å². The molecule has 2 aromatic heterocycles. The van der Waals surface area contributed by atoms with E-state index in [2.05, 4.69) is 44.7 Å². The van der Waals surface area contributed by atoms with E-state index < -0.39 is 16.2 Å². The van der Waals surface area contributed by atoms with Gasteiger partial charge in [0.1, 0.15) is 6.17 Å². The highest BCUT2D eigenvalue weighted by molar-refractivity contribution is 7.92. The fourth-order valence-electron chi connectivity index (χ4n) is 3.60. The number of benzene rings is 1.